The zero-order valence-corrected chi connectivity index (χ0v) is 15.5. The van der Waals surface area contributed by atoms with Crippen LogP contribution in [0.4, 0.5) is 0 Å². The number of hydrogen-bond acceptors (Lipinski definition) is 5. The van der Waals surface area contributed by atoms with Crippen molar-refractivity contribution in [2.75, 3.05) is 19.6 Å². The molecule has 3 heterocycles. The van der Waals surface area contributed by atoms with Crippen molar-refractivity contribution >= 4 is 11.8 Å². The highest BCUT2D eigenvalue weighted by Gasteiger charge is 2.22. The second-order valence-corrected chi connectivity index (χ2v) is 6.74. The number of aryl methyl sites for hydroxylation is 3. The Balaban J connectivity index is 1.57. The summed E-state index contributed by atoms with van der Waals surface area (Å²) in [5.41, 5.74) is 2.99. The molecule has 3 rings (SSSR count). The summed E-state index contributed by atoms with van der Waals surface area (Å²) in [6.07, 6.45) is 2.29. The van der Waals surface area contributed by atoms with Crippen LogP contribution in [-0.2, 0) is 11.3 Å². The van der Waals surface area contributed by atoms with Crippen LogP contribution < -0.4 is 5.32 Å². The largest absolute Gasteiger partial charge is 0.361 e. The van der Waals surface area contributed by atoms with Crippen molar-refractivity contribution in [3.8, 4) is 0 Å². The molecule has 0 unspecified atom stereocenters. The average Bonchev–Trinajstić information content (AvgIpc) is 3.25. The van der Waals surface area contributed by atoms with E-state index in [0.717, 1.165) is 36.3 Å². The van der Waals surface area contributed by atoms with E-state index < -0.39 is 0 Å². The Hall–Kier alpha value is -2.64. The number of nitrogens with zero attached hydrogens (tertiary/aromatic N) is 4. The second-order valence-electron chi connectivity index (χ2n) is 6.74. The van der Waals surface area contributed by atoms with E-state index in [4.69, 9.17) is 4.52 Å². The molecule has 8 nitrogen and oxygen atoms in total. The molecule has 0 saturated carbocycles. The number of amides is 2. The van der Waals surface area contributed by atoms with Gasteiger partial charge in [0.25, 0.3) is 5.91 Å². The number of likely N-dealkylation sites (tertiary alicyclic amines) is 1. The predicted molar refractivity (Wildman–Crippen MR) is 94.8 cm³/mol. The Morgan fingerprint density at radius 2 is 2.15 bits per heavy atom. The molecule has 8 heteroatoms. The zero-order valence-electron chi connectivity index (χ0n) is 15.5. The smallest absolute Gasteiger partial charge is 0.273 e. The standard InChI is InChI=1S/C18H25N5O3/c1-12-10-13(2)23(20-12)11-15-14(3)26-21-17(15)18(25)19-7-5-9-22-8-4-6-16(22)24/h10H,4-9,11H2,1-3H3,(H,19,25). The topological polar surface area (TPSA) is 93.3 Å². The molecule has 1 saturated heterocycles. The molecule has 0 atom stereocenters. The maximum Gasteiger partial charge on any atom is 0.273 e. The first-order valence-electron chi connectivity index (χ1n) is 8.98. The van der Waals surface area contributed by atoms with E-state index in [1.54, 1.807) is 6.92 Å². The molecule has 1 N–H and O–H groups in total. The van der Waals surface area contributed by atoms with E-state index in [9.17, 15) is 9.59 Å². The van der Waals surface area contributed by atoms with Crippen molar-refractivity contribution in [1.29, 1.82) is 0 Å². The van der Waals surface area contributed by atoms with E-state index in [1.807, 2.05) is 29.5 Å². The highest BCUT2D eigenvalue weighted by Crippen LogP contribution is 2.16. The third-order valence-corrected chi connectivity index (χ3v) is 4.67. The molecule has 2 aromatic heterocycles. The van der Waals surface area contributed by atoms with Gasteiger partial charge in [-0.15, -0.1) is 0 Å². The maximum atomic E-state index is 12.5. The first-order chi connectivity index (χ1) is 12.5. The molecule has 0 radical (unpaired) electrons. The monoisotopic (exact) mass is 359 g/mol. The lowest BCUT2D eigenvalue weighted by Crippen LogP contribution is -2.31. The lowest BCUT2D eigenvalue weighted by molar-refractivity contribution is -0.127. The van der Waals surface area contributed by atoms with Crippen LogP contribution in [-0.4, -0.2) is 51.3 Å². The van der Waals surface area contributed by atoms with Crippen molar-refractivity contribution in [2.45, 2.75) is 46.6 Å². The Morgan fingerprint density at radius 1 is 1.35 bits per heavy atom. The predicted octanol–water partition coefficient (Wildman–Crippen LogP) is 1.59. The van der Waals surface area contributed by atoms with Crippen molar-refractivity contribution in [1.82, 2.24) is 25.2 Å². The van der Waals surface area contributed by atoms with E-state index in [0.29, 0.717) is 37.5 Å². The van der Waals surface area contributed by atoms with E-state index in [1.165, 1.54) is 0 Å². The van der Waals surface area contributed by atoms with Gasteiger partial charge in [0.05, 0.1) is 12.2 Å². The molecule has 2 amide bonds. The summed E-state index contributed by atoms with van der Waals surface area (Å²) in [4.78, 5) is 25.9. The molecule has 1 aliphatic rings. The van der Waals surface area contributed by atoms with Crippen molar-refractivity contribution in [2.24, 2.45) is 0 Å². The molecule has 0 aliphatic carbocycles. The van der Waals surface area contributed by atoms with Crippen molar-refractivity contribution < 1.29 is 14.1 Å². The van der Waals surface area contributed by atoms with Crippen molar-refractivity contribution in [3.05, 3.63) is 34.5 Å². The Labute approximate surface area is 152 Å². The van der Waals surface area contributed by atoms with Crippen molar-refractivity contribution in [3.63, 3.8) is 0 Å². The number of carbonyl (C=O) groups excluding carboxylic acids is 2. The zero-order chi connectivity index (χ0) is 18.7. The first kappa shape index (κ1) is 18.2. The lowest BCUT2D eigenvalue weighted by atomic mass is 10.2. The van der Waals surface area contributed by atoms with Crippen LogP contribution in [0.1, 0.15) is 52.5 Å². The highest BCUT2D eigenvalue weighted by atomic mass is 16.5. The molecule has 1 fully saturated rings. The van der Waals surface area contributed by atoms with Gasteiger partial charge in [-0.2, -0.15) is 5.10 Å². The summed E-state index contributed by atoms with van der Waals surface area (Å²) >= 11 is 0. The van der Waals surface area contributed by atoms with E-state index in [-0.39, 0.29) is 11.8 Å². The summed E-state index contributed by atoms with van der Waals surface area (Å²) in [6, 6.07) is 1.99. The number of aromatic nitrogens is 3. The molecular weight excluding hydrogens is 334 g/mol. The Kier molecular flexibility index (Phi) is 5.39. The minimum atomic E-state index is -0.258. The number of nitrogens with one attached hydrogen (secondary N) is 1. The quantitative estimate of drug-likeness (QED) is 0.758. The van der Waals surface area contributed by atoms with Crippen LogP contribution >= 0.6 is 0 Å². The third kappa shape index (κ3) is 3.95. The lowest BCUT2D eigenvalue weighted by Gasteiger charge is -2.15. The molecule has 0 spiro atoms. The minimum Gasteiger partial charge on any atom is -0.361 e. The maximum absolute atomic E-state index is 12.5. The number of carbonyl (C=O) groups is 2. The van der Waals surface area contributed by atoms with Gasteiger partial charge in [-0.25, -0.2) is 0 Å². The molecule has 1 aliphatic heterocycles. The summed E-state index contributed by atoms with van der Waals surface area (Å²) < 4.78 is 7.07. The summed E-state index contributed by atoms with van der Waals surface area (Å²) in [5.74, 6) is 0.562. The van der Waals surface area contributed by atoms with E-state index in [2.05, 4.69) is 15.6 Å². The van der Waals surface area contributed by atoms with Crippen LogP contribution in [0.25, 0.3) is 0 Å². The van der Waals surface area contributed by atoms with Gasteiger partial charge >= 0.3 is 0 Å². The SMILES string of the molecule is Cc1cc(C)n(Cc2c(C(=O)NCCCN3CCCC3=O)noc2C)n1. The summed E-state index contributed by atoms with van der Waals surface area (Å²) in [5, 5.41) is 11.2. The van der Waals surface area contributed by atoms with Gasteiger partial charge in [0, 0.05) is 37.3 Å². The van der Waals surface area contributed by atoms with Gasteiger partial charge in [0.15, 0.2) is 5.69 Å². The molecular formula is C18H25N5O3. The third-order valence-electron chi connectivity index (χ3n) is 4.67. The molecule has 0 aromatic carbocycles. The second kappa shape index (κ2) is 7.72. The molecule has 2 aromatic rings. The Bertz CT molecular complexity index is 808. The van der Waals surface area contributed by atoms with Crippen LogP contribution in [0.5, 0.6) is 0 Å². The summed E-state index contributed by atoms with van der Waals surface area (Å²) in [6.45, 7) is 8.14. The van der Waals surface area contributed by atoms with Gasteiger partial charge in [-0.05, 0) is 39.7 Å². The van der Waals surface area contributed by atoms with Gasteiger partial charge in [-0.1, -0.05) is 5.16 Å². The van der Waals surface area contributed by atoms with Gasteiger partial charge in [-0.3, -0.25) is 14.3 Å². The molecule has 140 valence electrons. The normalized spacial score (nSPS) is 14.3. The van der Waals surface area contributed by atoms with Crippen LogP contribution in [0.3, 0.4) is 0 Å². The van der Waals surface area contributed by atoms with Crippen LogP contribution in [0, 0.1) is 20.8 Å². The van der Waals surface area contributed by atoms with Gasteiger partial charge < -0.3 is 14.7 Å². The minimum absolute atomic E-state index is 0.204. The van der Waals surface area contributed by atoms with Crippen LogP contribution in [0.15, 0.2) is 10.6 Å². The summed E-state index contributed by atoms with van der Waals surface area (Å²) in [7, 11) is 0. The average molecular weight is 359 g/mol. The molecule has 0 bridgehead atoms. The Morgan fingerprint density at radius 3 is 2.81 bits per heavy atom. The fourth-order valence-electron chi connectivity index (χ4n) is 3.24. The number of rotatable bonds is 7. The van der Waals surface area contributed by atoms with Crippen LogP contribution in [0.2, 0.25) is 0 Å². The van der Waals surface area contributed by atoms with Gasteiger partial charge in [0.1, 0.15) is 5.76 Å². The van der Waals surface area contributed by atoms with E-state index >= 15 is 0 Å². The first-order valence-corrected chi connectivity index (χ1v) is 8.98. The highest BCUT2D eigenvalue weighted by molar-refractivity contribution is 5.93. The fourth-order valence-corrected chi connectivity index (χ4v) is 3.24. The molecule has 26 heavy (non-hydrogen) atoms. The fraction of sp³-hybridized carbons (Fsp3) is 0.556. The van der Waals surface area contributed by atoms with Gasteiger partial charge in [0.2, 0.25) is 5.91 Å². The number of hydrogen-bond donors (Lipinski definition) is 1.